The molecule has 3 heteroatoms. The number of nitrogens with zero attached hydrogens (tertiary/aromatic N) is 2. The molecule has 0 aliphatic rings. The van der Waals surface area contributed by atoms with Crippen LogP contribution in [-0.4, -0.2) is 44.9 Å². The molecule has 0 aromatic heterocycles. The van der Waals surface area contributed by atoms with Gasteiger partial charge in [0.2, 0.25) is 0 Å². The van der Waals surface area contributed by atoms with Crippen molar-refractivity contribution in [3.05, 3.63) is 71.8 Å². The molecule has 0 saturated carbocycles. The molecular weight excluding hydrogens is 284 g/mol. The Morgan fingerprint density at radius 2 is 1.70 bits per heavy atom. The highest BCUT2D eigenvalue weighted by molar-refractivity contribution is 6.07. The largest absolute Gasteiger partial charge is 0.373 e. The van der Waals surface area contributed by atoms with E-state index in [4.69, 9.17) is 0 Å². The van der Waals surface area contributed by atoms with Gasteiger partial charge in [-0.15, -0.1) is 0 Å². The van der Waals surface area contributed by atoms with Crippen molar-refractivity contribution in [2.75, 3.05) is 39.1 Å². The molecule has 2 rings (SSSR count). The normalized spacial score (nSPS) is 11.1. The standard InChI is InChI=1S/C20H24N2O/c1-21(2)14-15-22(3)19-11-7-10-18(16-19)20(23)13-12-17-8-5-4-6-9-17/h4-13,16H,14-15H2,1-3H3. The van der Waals surface area contributed by atoms with E-state index in [1.165, 1.54) is 0 Å². The topological polar surface area (TPSA) is 23.6 Å². The smallest absolute Gasteiger partial charge is 0.185 e. The molecule has 23 heavy (non-hydrogen) atoms. The van der Waals surface area contributed by atoms with Crippen molar-refractivity contribution in [1.29, 1.82) is 0 Å². The van der Waals surface area contributed by atoms with E-state index in [1.807, 2.05) is 67.7 Å². The van der Waals surface area contributed by atoms with Crippen LogP contribution in [0.25, 0.3) is 6.08 Å². The number of anilines is 1. The van der Waals surface area contributed by atoms with Crippen molar-refractivity contribution in [2.45, 2.75) is 0 Å². The lowest BCUT2D eigenvalue weighted by atomic mass is 10.1. The van der Waals surface area contributed by atoms with Crippen LogP contribution in [0.15, 0.2) is 60.7 Å². The Morgan fingerprint density at radius 3 is 2.39 bits per heavy atom. The molecule has 0 N–H and O–H groups in total. The second-order valence-corrected chi connectivity index (χ2v) is 5.88. The van der Waals surface area contributed by atoms with Crippen LogP contribution in [0.1, 0.15) is 15.9 Å². The van der Waals surface area contributed by atoms with Crippen LogP contribution in [0.3, 0.4) is 0 Å². The average molecular weight is 308 g/mol. The van der Waals surface area contributed by atoms with Gasteiger partial charge in [0.15, 0.2) is 5.78 Å². The predicted molar refractivity (Wildman–Crippen MR) is 98.1 cm³/mol. The third-order valence-electron chi connectivity index (χ3n) is 3.68. The van der Waals surface area contributed by atoms with Crippen molar-refractivity contribution in [1.82, 2.24) is 4.90 Å². The van der Waals surface area contributed by atoms with E-state index in [0.29, 0.717) is 5.56 Å². The first-order chi connectivity index (χ1) is 11.1. The Labute approximate surface area is 138 Å². The van der Waals surface area contributed by atoms with Gasteiger partial charge in [0.1, 0.15) is 0 Å². The van der Waals surface area contributed by atoms with Gasteiger partial charge in [0.05, 0.1) is 0 Å². The Kier molecular flexibility index (Phi) is 6.12. The maximum Gasteiger partial charge on any atom is 0.185 e. The average Bonchev–Trinajstić information content (AvgIpc) is 2.58. The fourth-order valence-electron chi connectivity index (χ4n) is 2.21. The van der Waals surface area contributed by atoms with Gasteiger partial charge in [-0.2, -0.15) is 0 Å². The number of rotatable bonds is 7. The summed E-state index contributed by atoms with van der Waals surface area (Å²) in [6.45, 7) is 1.90. The molecule has 3 nitrogen and oxygen atoms in total. The van der Waals surface area contributed by atoms with Crippen molar-refractivity contribution in [3.63, 3.8) is 0 Å². The highest BCUT2D eigenvalue weighted by Crippen LogP contribution is 2.16. The molecule has 0 radical (unpaired) electrons. The zero-order valence-electron chi connectivity index (χ0n) is 14.1. The number of ketones is 1. The molecule has 0 atom stereocenters. The first-order valence-corrected chi connectivity index (χ1v) is 7.79. The number of carbonyl (C=O) groups is 1. The van der Waals surface area contributed by atoms with Crippen LogP contribution in [-0.2, 0) is 0 Å². The van der Waals surface area contributed by atoms with Gasteiger partial charge in [-0.25, -0.2) is 0 Å². The minimum Gasteiger partial charge on any atom is -0.373 e. The lowest BCUT2D eigenvalue weighted by Crippen LogP contribution is -2.28. The van der Waals surface area contributed by atoms with E-state index >= 15 is 0 Å². The van der Waals surface area contributed by atoms with Gasteiger partial charge >= 0.3 is 0 Å². The van der Waals surface area contributed by atoms with Crippen LogP contribution in [0.5, 0.6) is 0 Å². The second-order valence-electron chi connectivity index (χ2n) is 5.88. The number of benzene rings is 2. The van der Waals surface area contributed by atoms with Crippen molar-refractivity contribution in [3.8, 4) is 0 Å². The summed E-state index contributed by atoms with van der Waals surface area (Å²) in [7, 11) is 6.16. The van der Waals surface area contributed by atoms with E-state index in [9.17, 15) is 4.79 Å². The van der Waals surface area contributed by atoms with Crippen molar-refractivity contribution < 1.29 is 4.79 Å². The summed E-state index contributed by atoms with van der Waals surface area (Å²) in [4.78, 5) is 16.7. The summed E-state index contributed by atoms with van der Waals surface area (Å²) in [5.74, 6) is 0.0247. The molecule has 0 heterocycles. The maximum absolute atomic E-state index is 12.3. The quantitative estimate of drug-likeness (QED) is 0.577. The Balaban J connectivity index is 2.06. The van der Waals surface area contributed by atoms with Gasteiger partial charge in [0, 0.05) is 31.4 Å². The molecule has 0 aliphatic heterocycles. The molecule has 0 aliphatic carbocycles. The minimum atomic E-state index is 0.0247. The summed E-state index contributed by atoms with van der Waals surface area (Å²) < 4.78 is 0. The van der Waals surface area contributed by atoms with Crippen LogP contribution < -0.4 is 4.90 Å². The number of carbonyl (C=O) groups excluding carboxylic acids is 1. The molecular formula is C20H24N2O. The molecule has 120 valence electrons. The van der Waals surface area contributed by atoms with E-state index < -0.39 is 0 Å². The van der Waals surface area contributed by atoms with E-state index in [0.717, 1.165) is 24.3 Å². The van der Waals surface area contributed by atoms with E-state index in [-0.39, 0.29) is 5.78 Å². The third kappa shape index (κ3) is 5.38. The Bertz CT molecular complexity index is 662. The van der Waals surface area contributed by atoms with Crippen LogP contribution in [0.2, 0.25) is 0 Å². The fourth-order valence-corrected chi connectivity index (χ4v) is 2.21. The molecule has 0 amide bonds. The number of likely N-dealkylation sites (N-methyl/N-ethyl adjacent to an activating group) is 2. The summed E-state index contributed by atoms with van der Waals surface area (Å²) >= 11 is 0. The molecule has 0 saturated heterocycles. The van der Waals surface area contributed by atoms with Gasteiger partial charge < -0.3 is 9.80 Å². The Hall–Kier alpha value is -2.39. The van der Waals surface area contributed by atoms with Crippen LogP contribution in [0, 0.1) is 0 Å². The molecule has 2 aromatic rings. The minimum absolute atomic E-state index is 0.0247. The fraction of sp³-hybridized carbons (Fsp3) is 0.250. The van der Waals surface area contributed by atoms with Gasteiger partial charge in [0.25, 0.3) is 0 Å². The summed E-state index contributed by atoms with van der Waals surface area (Å²) in [5, 5.41) is 0. The third-order valence-corrected chi connectivity index (χ3v) is 3.68. The highest BCUT2D eigenvalue weighted by Gasteiger charge is 2.06. The molecule has 0 spiro atoms. The zero-order valence-corrected chi connectivity index (χ0v) is 14.1. The first-order valence-electron chi connectivity index (χ1n) is 7.79. The number of hydrogen-bond donors (Lipinski definition) is 0. The van der Waals surface area contributed by atoms with Gasteiger partial charge in [-0.05, 0) is 37.9 Å². The molecule has 0 bridgehead atoms. The molecule has 2 aromatic carbocycles. The van der Waals surface area contributed by atoms with E-state index in [1.54, 1.807) is 6.08 Å². The van der Waals surface area contributed by atoms with E-state index in [2.05, 4.69) is 23.9 Å². The lowest BCUT2D eigenvalue weighted by molar-refractivity contribution is 0.104. The number of allylic oxidation sites excluding steroid dienone is 1. The van der Waals surface area contributed by atoms with Crippen LogP contribution in [0.4, 0.5) is 5.69 Å². The van der Waals surface area contributed by atoms with Crippen LogP contribution >= 0.6 is 0 Å². The predicted octanol–water partition coefficient (Wildman–Crippen LogP) is 3.58. The molecule has 0 fully saturated rings. The Morgan fingerprint density at radius 1 is 0.957 bits per heavy atom. The summed E-state index contributed by atoms with van der Waals surface area (Å²) in [6, 6.07) is 17.6. The highest BCUT2D eigenvalue weighted by atomic mass is 16.1. The second kappa shape index (κ2) is 8.30. The number of hydrogen-bond acceptors (Lipinski definition) is 3. The monoisotopic (exact) mass is 308 g/mol. The summed E-state index contributed by atoms with van der Waals surface area (Å²) in [6.07, 6.45) is 3.49. The van der Waals surface area contributed by atoms with Gasteiger partial charge in [-0.1, -0.05) is 48.5 Å². The first kappa shape index (κ1) is 17.0. The SMILES string of the molecule is CN(C)CCN(C)c1cccc(C(=O)C=Cc2ccccc2)c1. The molecule has 0 unspecified atom stereocenters. The lowest BCUT2D eigenvalue weighted by Gasteiger charge is -2.21. The zero-order chi connectivity index (χ0) is 16.7. The van der Waals surface area contributed by atoms with Crippen molar-refractivity contribution >= 4 is 17.5 Å². The van der Waals surface area contributed by atoms with Crippen molar-refractivity contribution in [2.24, 2.45) is 0 Å². The van der Waals surface area contributed by atoms with Gasteiger partial charge in [-0.3, -0.25) is 4.79 Å². The summed E-state index contributed by atoms with van der Waals surface area (Å²) in [5.41, 5.74) is 2.80. The maximum atomic E-state index is 12.3.